The maximum absolute atomic E-state index is 13.8. The highest BCUT2D eigenvalue weighted by atomic mass is 19.4. The molecule has 2 saturated heterocycles. The SMILES string of the molecule is CC(C)(C)OC(=O)C1C(c2ccco2)N2CCC(=O)N2C1C(F)(F)F. The molecule has 1 aromatic heterocycles. The zero-order valence-corrected chi connectivity index (χ0v) is 14.0. The van der Waals surface area contributed by atoms with Gasteiger partial charge in [0, 0.05) is 13.0 Å². The van der Waals surface area contributed by atoms with Crippen LogP contribution in [0.15, 0.2) is 22.8 Å². The van der Waals surface area contributed by atoms with Crippen LogP contribution in [-0.4, -0.2) is 46.3 Å². The van der Waals surface area contributed by atoms with Crippen LogP contribution >= 0.6 is 0 Å². The van der Waals surface area contributed by atoms with Crippen molar-refractivity contribution >= 4 is 11.9 Å². The number of nitrogens with zero attached hydrogens (tertiary/aromatic N) is 2. The van der Waals surface area contributed by atoms with Gasteiger partial charge in [-0.25, -0.2) is 5.01 Å². The number of rotatable bonds is 2. The molecule has 0 radical (unpaired) electrons. The Kier molecular flexibility index (Phi) is 4.09. The lowest BCUT2D eigenvalue weighted by molar-refractivity contribution is -0.207. The van der Waals surface area contributed by atoms with Crippen molar-refractivity contribution in [2.75, 3.05) is 6.54 Å². The largest absolute Gasteiger partial charge is 0.468 e. The molecule has 3 unspecified atom stereocenters. The number of esters is 1. The number of fused-ring (bicyclic) bond motifs is 1. The molecule has 0 spiro atoms. The fraction of sp³-hybridized carbons (Fsp3) is 0.625. The van der Waals surface area contributed by atoms with Gasteiger partial charge in [-0.1, -0.05) is 0 Å². The summed E-state index contributed by atoms with van der Waals surface area (Å²) in [6.45, 7) is 4.83. The number of carbonyl (C=O) groups is 2. The second-order valence-electron chi connectivity index (χ2n) is 7.16. The zero-order valence-electron chi connectivity index (χ0n) is 14.0. The maximum Gasteiger partial charge on any atom is 0.411 e. The minimum Gasteiger partial charge on any atom is -0.468 e. The average molecular weight is 360 g/mol. The Labute approximate surface area is 142 Å². The van der Waals surface area contributed by atoms with Crippen LogP contribution in [0.3, 0.4) is 0 Å². The molecule has 3 atom stereocenters. The number of carbonyl (C=O) groups excluding carboxylic acids is 2. The molecule has 2 aliphatic rings. The quantitative estimate of drug-likeness (QED) is 0.759. The smallest absolute Gasteiger partial charge is 0.411 e. The predicted octanol–water partition coefficient (Wildman–Crippen LogP) is 2.67. The van der Waals surface area contributed by atoms with Gasteiger partial charge in [0.15, 0.2) is 6.04 Å². The third kappa shape index (κ3) is 3.12. The number of alkyl halides is 3. The normalized spacial score (nSPS) is 27.7. The van der Waals surface area contributed by atoms with Crippen LogP contribution in [0.5, 0.6) is 0 Å². The third-order valence-corrected chi connectivity index (χ3v) is 4.20. The molecule has 1 aromatic rings. The first kappa shape index (κ1) is 17.8. The monoisotopic (exact) mass is 360 g/mol. The fourth-order valence-electron chi connectivity index (χ4n) is 3.43. The van der Waals surface area contributed by atoms with E-state index in [0.717, 1.165) is 0 Å². The standard InChI is InChI=1S/C16H19F3N2O4/c1-15(2,3)25-14(23)11-12(9-5-4-8-24-9)20-7-6-10(22)21(20)13(11)16(17,18)19/h4-5,8,11-13H,6-7H2,1-3H3. The third-order valence-electron chi connectivity index (χ3n) is 4.20. The van der Waals surface area contributed by atoms with Crippen LogP contribution in [0.4, 0.5) is 13.2 Å². The lowest BCUT2D eigenvalue weighted by Gasteiger charge is -2.29. The van der Waals surface area contributed by atoms with Crippen LogP contribution in [0.2, 0.25) is 0 Å². The number of halogens is 3. The average Bonchev–Trinajstić information content (AvgIpc) is 3.12. The van der Waals surface area contributed by atoms with Crippen LogP contribution < -0.4 is 0 Å². The Morgan fingerprint density at radius 1 is 1.32 bits per heavy atom. The summed E-state index contributed by atoms with van der Waals surface area (Å²) in [7, 11) is 0. The summed E-state index contributed by atoms with van der Waals surface area (Å²) in [6, 6.07) is -0.276. The number of hydrogen-bond donors (Lipinski definition) is 0. The summed E-state index contributed by atoms with van der Waals surface area (Å²) >= 11 is 0. The Hall–Kier alpha value is -2.03. The second-order valence-corrected chi connectivity index (χ2v) is 7.16. The number of hydrogen-bond acceptors (Lipinski definition) is 5. The minimum atomic E-state index is -4.78. The molecule has 3 heterocycles. The van der Waals surface area contributed by atoms with Crippen molar-refractivity contribution in [3.05, 3.63) is 24.2 Å². The molecular weight excluding hydrogens is 341 g/mol. The molecular formula is C16H19F3N2O4. The van der Waals surface area contributed by atoms with E-state index >= 15 is 0 Å². The molecule has 3 rings (SSSR count). The number of ether oxygens (including phenoxy) is 1. The number of furan rings is 1. The van der Waals surface area contributed by atoms with E-state index in [1.165, 1.54) is 23.4 Å². The van der Waals surface area contributed by atoms with Gasteiger partial charge < -0.3 is 9.15 Å². The van der Waals surface area contributed by atoms with E-state index in [-0.39, 0.29) is 18.7 Å². The van der Waals surface area contributed by atoms with E-state index in [4.69, 9.17) is 9.15 Å². The van der Waals surface area contributed by atoms with Gasteiger partial charge in [-0.15, -0.1) is 0 Å². The van der Waals surface area contributed by atoms with Gasteiger partial charge in [-0.3, -0.25) is 14.6 Å². The Bertz CT molecular complexity index is 666. The summed E-state index contributed by atoms with van der Waals surface area (Å²) in [6.07, 6.45) is -3.49. The van der Waals surface area contributed by atoms with E-state index in [9.17, 15) is 22.8 Å². The Morgan fingerprint density at radius 3 is 2.52 bits per heavy atom. The van der Waals surface area contributed by atoms with Crippen molar-refractivity contribution in [3.63, 3.8) is 0 Å². The van der Waals surface area contributed by atoms with E-state index in [1.54, 1.807) is 20.8 Å². The molecule has 138 valence electrons. The molecule has 25 heavy (non-hydrogen) atoms. The lowest BCUT2D eigenvalue weighted by Crippen LogP contribution is -2.50. The minimum absolute atomic E-state index is 0.0369. The summed E-state index contributed by atoms with van der Waals surface area (Å²) in [5.41, 5.74) is -0.951. The first-order valence-corrected chi connectivity index (χ1v) is 7.92. The second kappa shape index (κ2) is 5.76. The van der Waals surface area contributed by atoms with Crippen LogP contribution in [-0.2, 0) is 14.3 Å². The highest BCUT2D eigenvalue weighted by molar-refractivity contribution is 5.82. The number of hydrazine groups is 1. The van der Waals surface area contributed by atoms with Crippen molar-refractivity contribution in [2.45, 2.75) is 51.1 Å². The lowest BCUT2D eigenvalue weighted by atomic mass is 9.90. The van der Waals surface area contributed by atoms with Crippen molar-refractivity contribution in [3.8, 4) is 0 Å². The van der Waals surface area contributed by atoms with Gasteiger partial charge in [0.25, 0.3) is 0 Å². The highest BCUT2D eigenvalue weighted by Crippen LogP contribution is 2.50. The van der Waals surface area contributed by atoms with E-state index in [2.05, 4.69) is 0 Å². The van der Waals surface area contributed by atoms with E-state index < -0.39 is 41.7 Å². The van der Waals surface area contributed by atoms with Gasteiger partial charge in [-0.2, -0.15) is 13.2 Å². The first-order chi connectivity index (χ1) is 11.5. The number of amides is 1. The van der Waals surface area contributed by atoms with Crippen LogP contribution in [0.1, 0.15) is 39.0 Å². The molecule has 6 nitrogen and oxygen atoms in total. The van der Waals surface area contributed by atoms with E-state index in [0.29, 0.717) is 5.01 Å². The van der Waals surface area contributed by atoms with Gasteiger partial charge in [0.2, 0.25) is 5.91 Å². The molecule has 9 heteroatoms. The van der Waals surface area contributed by atoms with Gasteiger partial charge >= 0.3 is 12.1 Å². The van der Waals surface area contributed by atoms with Crippen molar-refractivity contribution in [1.29, 1.82) is 0 Å². The fourth-order valence-corrected chi connectivity index (χ4v) is 3.43. The van der Waals surface area contributed by atoms with Gasteiger partial charge in [-0.05, 0) is 32.9 Å². The van der Waals surface area contributed by atoms with Crippen molar-refractivity contribution in [1.82, 2.24) is 10.0 Å². The topological polar surface area (TPSA) is 63.0 Å². The highest BCUT2D eigenvalue weighted by Gasteiger charge is 2.66. The molecule has 0 aromatic carbocycles. The molecule has 0 N–H and O–H groups in total. The molecule has 0 aliphatic carbocycles. The van der Waals surface area contributed by atoms with Crippen LogP contribution in [0.25, 0.3) is 0 Å². The Balaban J connectivity index is 2.07. The van der Waals surface area contributed by atoms with Crippen molar-refractivity contribution < 1.29 is 31.9 Å². The molecule has 1 amide bonds. The molecule has 0 bridgehead atoms. The summed E-state index contributed by atoms with van der Waals surface area (Å²) < 4.78 is 51.8. The van der Waals surface area contributed by atoms with Gasteiger partial charge in [0.1, 0.15) is 23.3 Å². The van der Waals surface area contributed by atoms with Crippen LogP contribution in [0, 0.1) is 5.92 Å². The summed E-state index contributed by atoms with van der Waals surface area (Å²) in [4.78, 5) is 24.7. The molecule has 2 aliphatic heterocycles. The Morgan fingerprint density at radius 2 is 2.00 bits per heavy atom. The van der Waals surface area contributed by atoms with E-state index in [1.807, 2.05) is 0 Å². The molecule has 2 fully saturated rings. The maximum atomic E-state index is 13.8. The summed E-state index contributed by atoms with van der Waals surface area (Å²) in [5.74, 6) is -3.08. The summed E-state index contributed by atoms with van der Waals surface area (Å²) in [5, 5.41) is 1.93. The zero-order chi connectivity index (χ0) is 18.6. The molecule has 0 saturated carbocycles. The first-order valence-electron chi connectivity index (χ1n) is 7.92. The predicted molar refractivity (Wildman–Crippen MR) is 78.8 cm³/mol. The van der Waals surface area contributed by atoms with Gasteiger partial charge in [0.05, 0.1) is 6.26 Å². The van der Waals surface area contributed by atoms with Crippen molar-refractivity contribution in [2.24, 2.45) is 5.92 Å².